The minimum atomic E-state index is -1.24. The van der Waals surface area contributed by atoms with Crippen molar-refractivity contribution in [2.45, 2.75) is 51.0 Å². The largest absolute Gasteiger partial charge is 0.480 e. The van der Waals surface area contributed by atoms with Crippen molar-refractivity contribution >= 4 is 17.6 Å². The molecule has 2 rings (SSSR count). The van der Waals surface area contributed by atoms with E-state index in [1.54, 1.807) is 6.07 Å². The van der Waals surface area contributed by atoms with E-state index in [0.29, 0.717) is 18.4 Å². The van der Waals surface area contributed by atoms with E-state index in [4.69, 9.17) is 0 Å². The van der Waals surface area contributed by atoms with Gasteiger partial charge in [0, 0.05) is 17.2 Å². The molecule has 1 aliphatic rings. The maximum atomic E-state index is 12.3. The number of carboxylic acid groups (broad SMARTS) is 1. The van der Waals surface area contributed by atoms with E-state index in [9.17, 15) is 24.8 Å². The third kappa shape index (κ3) is 3.18. The van der Waals surface area contributed by atoms with Gasteiger partial charge in [-0.1, -0.05) is 26.8 Å². The summed E-state index contributed by atoms with van der Waals surface area (Å²) in [5, 5.41) is 23.0. The molecule has 1 fully saturated rings. The van der Waals surface area contributed by atoms with Crippen molar-refractivity contribution in [1.82, 2.24) is 5.32 Å². The number of rotatable bonds is 4. The van der Waals surface area contributed by atoms with Crippen molar-refractivity contribution in [3.05, 3.63) is 39.4 Å². The Morgan fingerprint density at radius 2 is 1.91 bits per heavy atom. The fraction of sp³-hybridized carbons (Fsp3) is 0.500. The lowest BCUT2D eigenvalue weighted by Gasteiger charge is -2.38. The number of benzene rings is 1. The molecular weight excluding hydrogens is 300 g/mol. The van der Waals surface area contributed by atoms with Crippen LogP contribution >= 0.6 is 0 Å². The Labute approximate surface area is 133 Å². The molecule has 124 valence electrons. The highest BCUT2D eigenvalue weighted by Gasteiger charge is 2.45. The Hall–Kier alpha value is -2.44. The van der Waals surface area contributed by atoms with Gasteiger partial charge in [0.2, 0.25) is 0 Å². The highest BCUT2D eigenvalue weighted by atomic mass is 16.6. The molecule has 0 radical (unpaired) electrons. The van der Waals surface area contributed by atoms with Gasteiger partial charge in [0.15, 0.2) is 0 Å². The van der Waals surface area contributed by atoms with Crippen molar-refractivity contribution in [3.8, 4) is 0 Å². The molecule has 2 N–H and O–H groups in total. The van der Waals surface area contributed by atoms with E-state index >= 15 is 0 Å². The summed E-state index contributed by atoms with van der Waals surface area (Å²) in [4.78, 5) is 34.4. The predicted octanol–water partition coefficient (Wildman–Crippen LogP) is 2.63. The van der Waals surface area contributed by atoms with Crippen LogP contribution in [-0.2, 0) is 10.2 Å². The quantitative estimate of drug-likeness (QED) is 0.654. The fourth-order valence-corrected chi connectivity index (χ4v) is 2.67. The van der Waals surface area contributed by atoms with Crippen LogP contribution in [0, 0.1) is 10.1 Å². The number of nitro groups is 1. The van der Waals surface area contributed by atoms with Crippen LogP contribution < -0.4 is 5.32 Å². The average molecular weight is 320 g/mol. The second-order valence-electron chi connectivity index (χ2n) is 6.93. The summed E-state index contributed by atoms with van der Waals surface area (Å²) in [6.45, 7) is 5.55. The molecule has 0 spiro atoms. The van der Waals surface area contributed by atoms with Crippen molar-refractivity contribution in [2.24, 2.45) is 0 Å². The second kappa shape index (κ2) is 5.64. The van der Waals surface area contributed by atoms with Gasteiger partial charge in [-0.3, -0.25) is 14.9 Å². The van der Waals surface area contributed by atoms with Gasteiger partial charge in [0.05, 0.1) is 4.92 Å². The molecule has 1 aromatic carbocycles. The standard InChI is InChI=1S/C16H20N2O5/c1-15(2,3)11-6-5-10(9-12(11)18(22)23)13(19)17-16(14(20)21)7-4-8-16/h5-6,9H,4,7-8H2,1-3H3,(H,17,19)(H,20,21). The fourth-order valence-electron chi connectivity index (χ4n) is 2.67. The van der Waals surface area contributed by atoms with Crippen molar-refractivity contribution in [2.75, 3.05) is 0 Å². The van der Waals surface area contributed by atoms with Crippen LogP contribution in [-0.4, -0.2) is 27.4 Å². The van der Waals surface area contributed by atoms with Crippen molar-refractivity contribution in [1.29, 1.82) is 0 Å². The number of carbonyl (C=O) groups excluding carboxylic acids is 1. The topological polar surface area (TPSA) is 110 Å². The smallest absolute Gasteiger partial charge is 0.329 e. The monoisotopic (exact) mass is 320 g/mol. The molecule has 0 heterocycles. The maximum Gasteiger partial charge on any atom is 0.329 e. The maximum absolute atomic E-state index is 12.3. The van der Waals surface area contributed by atoms with Gasteiger partial charge in [0.1, 0.15) is 5.54 Å². The summed E-state index contributed by atoms with van der Waals surface area (Å²) in [6, 6.07) is 4.27. The summed E-state index contributed by atoms with van der Waals surface area (Å²) in [5.41, 5.74) is -1.20. The number of hydrogen-bond donors (Lipinski definition) is 2. The molecule has 0 aliphatic heterocycles. The highest BCUT2D eigenvalue weighted by Crippen LogP contribution is 2.34. The van der Waals surface area contributed by atoms with Crippen LogP contribution in [0.2, 0.25) is 0 Å². The van der Waals surface area contributed by atoms with Crippen LogP contribution in [0.3, 0.4) is 0 Å². The number of aliphatic carboxylic acids is 1. The number of hydrogen-bond acceptors (Lipinski definition) is 4. The van der Waals surface area contributed by atoms with Crippen molar-refractivity contribution < 1.29 is 19.6 Å². The molecule has 23 heavy (non-hydrogen) atoms. The van der Waals surface area contributed by atoms with Crippen LogP contribution in [0.15, 0.2) is 18.2 Å². The molecule has 1 amide bonds. The summed E-state index contributed by atoms with van der Waals surface area (Å²) in [7, 11) is 0. The van der Waals surface area contributed by atoms with E-state index in [1.165, 1.54) is 12.1 Å². The molecule has 0 bridgehead atoms. The third-order valence-corrected chi connectivity index (χ3v) is 4.23. The number of nitro benzene ring substituents is 1. The number of nitrogens with one attached hydrogen (secondary N) is 1. The molecule has 1 aromatic rings. The number of carboxylic acids is 1. The first-order valence-electron chi connectivity index (χ1n) is 7.42. The van der Waals surface area contributed by atoms with E-state index in [2.05, 4.69) is 5.32 Å². The normalized spacial score (nSPS) is 16.3. The Morgan fingerprint density at radius 1 is 1.30 bits per heavy atom. The van der Waals surface area contributed by atoms with E-state index < -0.39 is 27.8 Å². The molecule has 0 saturated heterocycles. The first kappa shape index (κ1) is 16.9. The van der Waals surface area contributed by atoms with Gasteiger partial charge in [-0.25, -0.2) is 4.79 Å². The SMILES string of the molecule is CC(C)(C)c1ccc(C(=O)NC2(C(=O)O)CCC2)cc1[N+](=O)[O-]. The summed E-state index contributed by atoms with van der Waals surface area (Å²) >= 11 is 0. The van der Waals surface area contributed by atoms with Crippen LogP contribution in [0.5, 0.6) is 0 Å². The molecule has 1 saturated carbocycles. The second-order valence-corrected chi connectivity index (χ2v) is 6.93. The highest BCUT2D eigenvalue weighted by molar-refractivity contribution is 5.98. The lowest BCUT2D eigenvalue weighted by Crippen LogP contribution is -2.59. The Balaban J connectivity index is 2.33. The number of carbonyl (C=O) groups is 2. The Morgan fingerprint density at radius 3 is 2.30 bits per heavy atom. The molecule has 0 atom stereocenters. The third-order valence-electron chi connectivity index (χ3n) is 4.23. The predicted molar refractivity (Wildman–Crippen MR) is 83.5 cm³/mol. The van der Waals surface area contributed by atoms with E-state index in [0.717, 1.165) is 6.42 Å². The van der Waals surface area contributed by atoms with Crippen LogP contribution in [0.1, 0.15) is 56.0 Å². The number of amides is 1. The van der Waals surface area contributed by atoms with Gasteiger partial charge in [-0.2, -0.15) is 0 Å². The number of nitrogens with zero attached hydrogens (tertiary/aromatic N) is 1. The molecule has 7 nitrogen and oxygen atoms in total. The summed E-state index contributed by atoms with van der Waals surface area (Å²) in [5.74, 6) is -1.67. The van der Waals surface area contributed by atoms with Gasteiger partial charge in [-0.15, -0.1) is 0 Å². The van der Waals surface area contributed by atoms with E-state index in [1.807, 2.05) is 20.8 Å². The zero-order valence-electron chi connectivity index (χ0n) is 13.4. The lowest BCUT2D eigenvalue weighted by molar-refractivity contribution is -0.386. The van der Waals surface area contributed by atoms with Gasteiger partial charge >= 0.3 is 5.97 Å². The van der Waals surface area contributed by atoms with Crippen LogP contribution in [0.4, 0.5) is 5.69 Å². The van der Waals surface area contributed by atoms with Gasteiger partial charge in [-0.05, 0) is 30.7 Å². The Bertz CT molecular complexity index is 672. The first-order valence-corrected chi connectivity index (χ1v) is 7.42. The van der Waals surface area contributed by atoms with Gasteiger partial charge in [0.25, 0.3) is 11.6 Å². The first-order chi connectivity index (χ1) is 10.6. The minimum absolute atomic E-state index is 0.0947. The van der Waals surface area contributed by atoms with Crippen molar-refractivity contribution in [3.63, 3.8) is 0 Å². The zero-order chi connectivity index (χ0) is 17.4. The molecule has 0 aromatic heterocycles. The molecule has 7 heteroatoms. The molecular formula is C16H20N2O5. The van der Waals surface area contributed by atoms with Crippen LogP contribution in [0.25, 0.3) is 0 Å². The summed E-state index contributed by atoms with van der Waals surface area (Å²) in [6.07, 6.45) is 1.47. The lowest BCUT2D eigenvalue weighted by atomic mass is 9.76. The minimum Gasteiger partial charge on any atom is -0.480 e. The molecule has 1 aliphatic carbocycles. The Kier molecular flexibility index (Phi) is 4.15. The molecule has 0 unspecified atom stereocenters. The zero-order valence-corrected chi connectivity index (χ0v) is 13.4. The van der Waals surface area contributed by atoms with E-state index in [-0.39, 0.29) is 11.3 Å². The van der Waals surface area contributed by atoms with Gasteiger partial charge < -0.3 is 10.4 Å². The average Bonchev–Trinajstić information content (AvgIpc) is 2.40. The summed E-state index contributed by atoms with van der Waals surface area (Å²) < 4.78 is 0.